The average molecular weight is 332 g/mol. The number of benzene rings is 3. The Balaban J connectivity index is 1.67. The van der Waals surface area contributed by atoms with Gasteiger partial charge in [-0.2, -0.15) is 0 Å². The summed E-state index contributed by atoms with van der Waals surface area (Å²) in [5.74, 6) is 1.59. The van der Waals surface area contributed by atoms with Crippen molar-refractivity contribution in [2.24, 2.45) is 0 Å². The van der Waals surface area contributed by atoms with Gasteiger partial charge in [0.15, 0.2) is 0 Å². The lowest BCUT2D eigenvalue weighted by Crippen LogP contribution is -2.19. The monoisotopic (exact) mass is 332 g/mol. The maximum absolute atomic E-state index is 12.1. The van der Waals surface area contributed by atoms with E-state index in [1.807, 2.05) is 86.6 Å². The smallest absolute Gasteiger partial charge is 0.323 e. The largest absolute Gasteiger partial charge is 0.457 e. The molecule has 2 N–H and O–H groups in total. The summed E-state index contributed by atoms with van der Waals surface area (Å²) in [6, 6.07) is 22.5. The molecule has 4 nitrogen and oxygen atoms in total. The maximum Gasteiger partial charge on any atom is 0.323 e. The normalized spacial score (nSPS) is 10.2. The Hall–Kier alpha value is -3.27. The van der Waals surface area contributed by atoms with Gasteiger partial charge in [-0.3, -0.25) is 0 Å². The Labute approximate surface area is 147 Å². The van der Waals surface area contributed by atoms with Gasteiger partial charge in [0.25, 0.3) is 0 Å². The van der Waals surface area contributed by atoms with Crippen molar-refractivity contribution in [2.75, 3.05) is 10.6 Å². The molecule has 0 fully saturated rings. The van der Waals surface area contributed by atoms with E-state index in [0.717, 1.165) is 28.3 Å². The topological polar surface area (TPSA) is 50.4 Å². The molecule has 2 amide bonds. The first-order valence-corrected chi connectivity index (χ1v) is 8.09. The first-order valence-electron chi connectivity index (χ1n) is 8.09. The number of hydrogen-bond acceptors (Lipinski definition) is 2. The zero-order chi connectivity index (χ0) is 17.6. The van der Waals surface area contributed by atoms with Crippen molar-refractivity contribution in [3.63, 3.8) is 0 Å². The zero-order valence-corrected chi connectivity index (χ0v) is 14.2. The lowest BCUT2D eigenvalue weighted by molar-refractivity contribution is 0.262. The quantitative estimate of drug-likeness (QED) is 0.640. The van der Waals surface area contributed by atoms with Crippen LogP contribution in [0.5, 0.6) is 11.5 Å². The minimum Gasteiger partial charge on any atom is -0.457 e. The summed E-state index contributed by atoms with van der Waals surface area (Å²) in [4.78, 5) is 12.1. The molecular formula is C21H20N2O2. The molecular weight excluding hydrogens is 312 g/mol. The number of ether oxygens (including phenoxy) is 1. The van der Waals surface area contributed by atoms with Gasteiger partial charge in [0.2, 0.25) is 0 Å². The number of urea groups is 1. The van der Waals surface area contributed by atoms with Crippen LogP contribution in [-0.2, 0) is 0 Å². The average Bonchev–Trinajstić information content (AvgIpc) is 2.60. The van der Waals surface area contributed by atoms with Gasteiger partial charge in [0.1, 0.15) is 11.5 Å². The second-order valence-electron chi connectivity index (χ2n) is 5.79. The minimum absolute atomic E-state index is 0.279. The molecule has 0 spiro atoms. The van der Waals surface area contributed by atoms with Crippen molar-refractivity contribution in [2.45, 2.75) is 13.8 Å². The molecule has 0 aromatic heterocycles. The molecule has 0 aliphatic heterocycles. The van der Waals surface area contributed by atoms with Crippen molar-refractivity contribution >= 4 is 17.4 Å². The second kappa shape index (κ2) is 7.53. The van der Waals surface area contributed by atoms with E-state index < -0.39 is 0 Å². The number of anilines is 2. The fourth-order valence-corrected chi connectivity index (χ4v) is 2.45. The Morgan fingerprint density at radius 2 is 1.36 bits per heavy atom. The summed E-state index contributed by atoms with van der Waals surface area (Å²) in [7, 11) is 0. The van der Waals surface area contributed by atoms with Crippen LogP contribution < -0.4 is 15.4 Å². The van der Waals surface area contributed by atoms with E-state index in [2.05, 4.69) is 10.6 Å². The molecule has 0 atom stereocenters. The number of carbonyl (C=O) groups excluding carboxylic acids is 1. The van der Waals surface area contributed by atoms with Gasteiger partial charge in [-0.15, -0.1) is 0 Å². The van der Waals surface area contributed by atoms with Crippen molar-refractivity contribution in [1.82, 2.24) is 0 Å². The van der Waals surface area contributed by atoms with Crippen LogP contribution in [0.15, 0.2) is 72.8 Å². The summed E-state index contributed by atoms with van der Waals surface area (Å²) in [5, 5.41) is 5.62. The molecule has 0 saturated carbocycles. The zero-order valence-electron chi connectivity index (χ0n) is 14.2. The van der Waals surface area contributed by atoms with Crippen molar-refractivity contribution in [1.29, 1.82) is 0 Å². The van der Waals surface area contributed by atoms with E-state index in [1.54, 1.807) is 0 Å². The van der Waals surface area contributed by atoms with Gasteiger partial charge in [0, 0.05) is 11.4 Å². The fraction of sp³-hybridized carbons (Fsp3) is 0.0952. The van der Waals surface area contributed by atoms with Crippen LogP contribution in [0.1, 0.15) is 11.1 Å². The van der Waals surface area contributed by atoms with Gasteiger partial charge >= 0.3 is 6.03 Å². The van der Waals surface area contributed by atoms with Crippen LogP contribution in [0, 0.1) is 13.8 Å². The van der Waals surface area contributed by atoms with Crippen LogP contribution in [0.2, 0.25) is 0 Å². The van der Waals surface area contributed by atoms with Gasteiger partial charge in [-0.1, -0.05) is 36.4 Å². The van der Waals surface area contributed by atoms with Gasteiger partial charge in [0.05, 0.1) is 0 Å². The van der Waals surface area contributed by atoms with E-state index in [1.165, 1.54) is 0 Å². The number of amides is 2. The Kier molecular flexibility index (Phi) is 5.00. The summed E-state index contributed by atoms with van der Waals surface area (Å²) in [6.45, 7) is 3.96. The van der Waals surface area contributed by atoms with Crippen LogP contribution in [0.3, 0.4) is 0 Å². The second-order valence-corrected chi connectivity index (χ2v) is 5.79. The molecule has 25 heavy (non-hydrogen) atoms. The number of para-hydroxylation sites is 2. The van der Waals surface area contributed by atoms with Crippen LogP contribution in [-0.4, -0.2) is 6.03 Å². The predicted octanol–water partition coefficient (Wildman–Crippen LogP) is 5.74. The van der Waals surface area contributed by atoms with Crippen LogP contribution >= 0.6 is 0 Å². The third-order valence-corrected chi connectivity index (χ3v) is 3.78. The van der Waals surface area contributed by atoms with Gasteiger partial charge in [-0.25, -0.2) is 4.79 Å². The SMILES string of the molecule is Cc1ccccc1Oc1ccc(NC(=O)Nc2ccccc2)cc1C. The highest BCUT2D eigenvalue weighted by molar-refractivity contribution is 5.99. The lowest BCUT2D eigenvalue weighted by atomic mass is 10.2. The molecule has 0 aliphatic rings. The Morgan fingerprint density at radius 3 is 2.08 bits per heavy atom. The first-order chi connectivity index (χ1) is 12.1. The third-order valence-electron chi connectivity index (χ3n) is 3.78. The van der Waals surface area contributed by atoms with E-state index in [0.29, 0.717) is 5.69 Å². The number of hydrogen-bond donors (Lipinski definition) is 2. The number of rotatable bonds is 4. The molecule has 126 valence electrons. The molecule has 4 heteroatoms. The Morgan fingerprint density at radius 1 is 0.720 bits per heavy atom. The lowest BCUT2D eigenvalue weighted by Gasteiger charge is -2.13. The van der Waals surface area contributed by atoms with Gasteiger partial charge < -0.3 is 15.4 Å². The van der Waals surface area contributed by atoms with E-state index in [-0.39, 0.29) is 6.03 Å². The van der Waals surface area contributed by atoms with Crippen molar-refractivity contribution in [3.05, 3.63) is 83.9 Å². The maximum atomic E-state index is 12.1. The molecule has 0 saturated heterocycles. The molecule has 3 rings (SSSR count). The fourth-order valence-electron chi connectivity index (χ4n) is 2.45. The molecule has 0 aliphatic carbocycles. The number of nitrogens with one attached hydrogen (secondary N) is 2. The van der Waals surface area contributed by atoms with Crippen LogP contribution in [0.25, 0.3) is 0 Å². The molecule has 0 radical (unpaired) electrons. The standard InChI is InChI=1S/C21H20N2O2/c1-15-8-6-7-11-19(15)25-20-13-12-18(14-16(20)2)23-21(24)22-17-9-4-3-5-10-17/h3-14H,1-2H3,(H2,22,23,24). The molecule has 3 aromatic carbocycles. The predicted molar refractivity (Wildman–Crippen MR) is 102 cm³/mol. The Bertz CT molecular complexity index is 876. The van der Waals surface area contributed by atoms with Crippen molar-refractivity contribution < 1.29 is 9.53 Å². The van der Waals surface area contributed by atoms with Crippen LogP contribution in [0.4, 0.5) is 16.2 Å². The summed E-state index contributed by atoms with van der Waals surface area (Å²) in [5.41, 5.74) is 3.48. The highest BCUT2D eigenvalue weighted by Gasteiger charge is 2.07. The third kappa shape index (κ3) is 4.38. The highest BCUT2D eigenvalue weighted by atomic mass is 16.5. The molecule has 0 unspecified atom stereocenters. The van der Waals surface area contributed by atoms with E-state index >= 15 is 0 Å². The molecule has 0 heterocycles. The summed E-state index contributed by atoms with van der Waals surface area (Å²) < 4.78 is 5.97. The van der Waals surface area contributed by atoms with Crippen molar-refractivity contribution in [3.8, 4) is 11.5 Å². The summed E-state index contributed by atoms with van der Waals surface area (Å²) in [6.07, 6.45) is 0. The number of carbonyl (C=O) groups is 1. The first kappa shape index (κ1) is 16.6. The minimum atomic E-state index is -0.279. The van der Waals surface area contributed by atoms with E-state index in [4.69, 9.17) is 4.74 Å². The molecule has 0 bridgehead atoms. The van der Waals surface area contributed by atoms with E-state index in [9.17, 15) is 4.79 Å². The summed E-state index contributed by atoms with van der Waals surface area (Å²) >= 11 is 0. The highest BCUT2D eigenvalue weighted by Crippen LogP contribution is 2.29. The number of aryl methyl sites for hydroxylation is 2. The van der Waals surface area contributed by atoms with Gasteiger partial charge in [-0.05, 0) is 61.4 Å². The molecule has 3 aromatic rings.